The minimum absolute atomic E-state index is 0.385. The van der Waals surface area contributed by atoms with Crippen LogP contribution < -0.4 is 5.32 Å². The molecular formula is C14H30N2O. The fraction of sp³-hybridized carbons (Fsp3) is 1.00. The molecule has 0 bridgehead atoms. The molecule has 1 heterocycles. The minimum atomic E-state index is 0.385. The molecule has 1 rings (SSSR count). The molecule has 1 N–H and O–H groups in total. The second kappa shape index (κ2) is 8.06. The van der Waals surface area contributed by atoms with Gasteiger partial charge in [0.2, 0.25) is 0 Å². The van der Waals surface area contributed by atoms with Crippen molar-refractivity contribution in [1.82, 2.24) is 10.2 Å². The fourth-order valence-corrected chi connectivity index (χ4v) is 2.48. The van der Waals surface area contributed by atoms with Gasteiger partial charge in [-0.05, 0) is 19.8 Å². The molecule has 0 radical (unpaired) electrons. The third kappa shape index (κ3) is 5.84. The van der Waals surface area contributed by atoms with E-state index in [-0.39, 0.29) is 0 Å². The van der Waals surface area contributed by atoms with Crippen molar-refractivity contribution < 1.29 is 4.74 Å². The molecule has 102 valence electrons. The standard InChI is InChI=1S/C14H30N2O/c1-5-7-14(10-15-12(2)3)16-8-6-9-17-13(4)11-16/h12-15H,5-11H2,1-4H3. The van der Waals surface area contributed by atoms with Crippen LogP contribution in [0.1, 0.15) is 47.0 Å². The zero-order valence-corrected chi connectivity index (χ0v) is 12.0. The van der Waals surface area contributed by atoms with Crippen LogP contribution in [0.5, 0.6) is 0 Å². The third-order valence-corrected chi connectivity index (χ3v) is 3.38. The van der Waals surface area contributed by atoms with Crippen LogP contribution in [0, 0.1) is 0 Å². The van der Waals surface area contributed by atoms with E-state index in [4.69, 9.17) is 4.74 Å². The van der Waals surface area contributed by atoms with E-state index < -0.39 is 0 Å². The Kier molecular flexibility index (Phi) is 7.09. The van der Waals surface area contributed by atoms with Crippen LogP contribution in [0.4, 0.5) is 0 Å². The molecular weight excluding hydrogens is 212 g/mol. The normalized spacial score (nSPS) is 24.9. The van der Waals surface area contributed by atoms with Crippen LogP contribution in [0.15, 0.2) is 0 Å². The van der Waals surface area contributed by atoms with Crippen LogP contribution in [0.2, 0.25) is 0 Å². The van der Waals surface area contributed by atoms with E-state index in [0.717, 1.165) is 19.7 Å². The molecule has 17 heavy (non-hydrogen) atoms. The van der Waals surface area contributed by atoms with Crippen molar-refractivity contribution in [3.8, 4) is 0 Å². The van der Waals surface area contributed by atoms with Crippen molar-refractivity contribution in [1.29, 1.82) is 0 Å². The summed E-state index contributed by atoms with van der Waals surface area (Å²) in [6.07, 6.45) is 4.10. The highest BCUT2D eigenvalue weighted by atomic mass is 16.5. The first-order valence-corrected chi connectivity index (χ1v) is 7.22. The first-order chi connectivity index (χ1) is 8.13. The summed E-state index contributed by atoms with van der Waals surface area (Å²) in [7, 11) is 0. The Labute approximate surface area is 107 Å². The lowest BCUT2D eigenvalue weighted by Gasteiger charge is -2.32. The first kappa shape index (κ1) is 14.9. The number of rotatable bonds is 6. The van der Waals surface area contributed by atoms with E-state index in [1.165, 1.54) is 25.8 Å². The molecule has 1 aliphatic rings. The number of hydrogen-bond donors (Lipinski definition) is 1. The van der Waals surface area contributed by atoms with Crippen LogP contribution in [0.3, 0.4) is 0 Å². The van der Waals surface area contributed by atoms with E-state index in [9.17, 15) is 0 Å². The molecule has 2 unspecified atom stereocenters. The molecule has 0 amide bonds. The Hall–Kier alpha value is -0.120. The third-order valence-electron chi connectivity index (χ3n) is 3.38. The lowest BCUT2D eigenvalue weighted by molar-refractivity contribution is 0.0593. The van der Waals surface area contributed by atoms with Crippen molar-refractivity contribution in [3.63, 3.8) is 0 Å². The average Bonchev–Trinajstić information content (AvgIpc) is 2.48. The molecule has 0 aliphatic carbocycles. The van der Waals surface area contributed by atoms with Gasteiger partial charge in [-0.3, -0.25) is 4.90 Å². The molecule has 3 nitrogen and oxygen atoms in total. The zero-order valence-electron chi connectivity index (χ0n) is 12.0. The maximum atomic E-state index is 5.72. The van der Waals surface area contributed by atoms with Gasteiger partial charge in [0.25, 0.3) is 0 Å². The highest BCUT2D eigenvalue weighted by Crippen LogP contribution is 2.13. The Balaban J connectivity index is 2.48. The van der Waals surface area contributed by atoms with E-state index in [2.05, 4.69) is 37.9 Å². The highest BCUT2D eigenvalue weighted by Gasteiger charge is 2.22. The van der Waals surface area contributed by atoms with Gasteiger partial charge in [-0.1, -0.05) is 27.2 Å². The van der Waals surface area contributed by atoms with Crippen molar-refractivity contribution >= 4 is 0 Å². The summed E-state index contributed by atoms with van der Waals surface area (Å²) in [6, 6.07) is 1.25. The second-order valence-electron chi connectivity index (χ2n) is 5.54. The van der Waals surface area contributed by atoms with Gasteiger partial charge in [0.05, 0.1) is 6.10 Å². The van der Waals surface area contributed by atoms with Gasteiger partial charge in [-0.25, -0.2) is 0 Å². The monoisotopic (exact) mass is 242 g/mol. The van der Waals surface area contributed by atoms with Gasteiger partial charge in [-0.2, -0.15) is 0 Å². The molecule has 0 spiro atoms. The Bertz CT molecular complexity index is 197. The fourth-order valence-electron chi connectivity index (χ4n) is 2.48. The van der Waals surface area contributed by atoms with E-state index in [1.807, 2.05) is 0 Å². The largest absolute Gasteiger partial charge is 0.377 e. The SMILES string of the molecule is CCCC(CNC(C)C)N1CCCOC(C)C1. The van der Waals surface area contributed by atoms with E-state index >= 15 is 0 Å². The Morgan fingerprint density at radius 3 is 2.82 bits per heavy atom. The number of ether oxygens (including phenoxy) is 1. The van der Waals surface area contributed by atoms with Crippen molar-refractivity contribution in [3.05, 3.63) is 0 Å². The van der Waals surface area contributed by atoms with Gasteiger partial charge in [0.1, 0.15) is 0 Å². The van der Waals surface area contributed by atoms with Gasteiger partial charge in [0, 0.05) is 38.3 Å². The van der Waals surface area contributed by atoms with Gasteiger partial charge < -0.3 is 10.1 Å². The van der Waals surface area contributed by atoms with Gasteiger partial charge >= 0.3 is 0 Å². The predicted octanol–water partition coefficient (Wildman–Crippen LogP) is 2.26. The summed E-state index contributed by atoms with van der Waals surface area (Å²) in [5, 5.41) is 3.58. The molecule has 0 aromatic heterocycles. The molecule has 0 saturated carbocycles. The van der Waals surface area contributed by atoms with Crippen LogP contribution in [-0.4, -0.2) is 49.3 Å². The summed E-state index contributed by atoms with van der Waals surface area (Å²) < 4.78 is 5.72. The smallest absolute Gasteiger partial charge is 0.0674 e. The van der Waals surface area contributed by atoms with Crippen molar-refractivity contribution in [2.45, 2.75) is 65.1 Å². The summed E-state index contributed by atoms with van der Waals surface area (Å²) in [4.78, 5) is 2.62. The molecule has 2 atom stereocenters. The molecule has 0 aromatic carbocycles. The predicted molar refractivity (Wildman–Crippen MR) is 73.4 cm³/mol. The number of nitrogens with zero attached hydrogens (tertiary/aromatic N) is 1. The van der Waals surface area contributed by atoms with Crippen LogP contribution in [-0.2, 0) is 4.74 Å². The molecule has 0 aromatic rings. The highest BCUT2D eigenvalue weighted by molar-refractivity contribution is 4.78. The minimum Gasteiger partial charge on any atom is -0.377 e. The maximum Gasteiger partial charge on any atom is 0.0674 e. The Morgan fingerprint density at radius 2 is 2.18 bits per heavy atom. The second-order valence-corrected chi connectivity index (χ2v) is 5.54. The quantitative estimate of drug-likeness (QED) is 0.773. The average molecular weight is 242 g/mol. The molecule has 3 heteroatoms. The summed E-state index contributed by atoms with van der Waals surface area (Å²) >= 11 is 0. The maximum absolute atomic E-state index is 5.72. The molecule has 1 fully saturated rings. The van der Waals surface area contributed by atoms with Gasteiger partial charge in [0.15, 0.2) is 0 Å². The Morgan fingerprint density at radius 1 is 1.41 bits per heavy atom. The van der Waals surface area contributed by atoms with E-state index in [1.54, 1.807) is 0 Å². The number of hydrogen-bond acceptors (Lipinski definition) is 3. The first-order valence-electron chi connectivity index (χ1n) is 7.22. The van der Waals surface area contributed by atoms with E-state index in [0.29, 0.717) is 18.2 Å². The summed E-state index contributed by atoms with van der Waals surface area (Å²) in [5.41, 5.74) is 0. The lowest BCUT2D eigenvalue weighted by atomic mass is 10.1. The van der Waals surface area contributed by atoms with Crippen LogP contribution >= 0.6 is 0 Å². The summed E-state index contributed by atoms with van der Waals surface area (Å²) in [5.74, 6) is 0. The van der Waals surface area contributed by atoms with Crippen molar-refractivity contribution in [2.24, 2.45) is 0 Å². The zero-order chi connectivity index (χ0) is 12.7. The molecule has 1 saturated heterocycles. The number of nitrogens with one attached hydrogen (secondary N) is 1. The summed E-state index contributed by atoms with van der Waals surface area (Å²) in [6.45, 7) is 13.2. The topological polar surface area (TPSA) is 24.5 Å². The molecule has 1 aliphatic heterocycles. The lowest BCUT2D eigenvalue weighted by Crippen LogP contribution is -2.46. The van der Waals surface area contributed by atoms with Crippen LogP contribution in [0.25, 0.3) is 0 Å². The van der Waals surface area contributed by atoms with Gasteiger partial charge in [-0.15, -0.1) is 0 Å². The van der Waals surface area contributed by atoms with Crippen molar-refractivity contribution in [2.75, 3.05) is 26.2 Å².